The SMILES string of the molecule is CCCCN1CCC(C(N)=O)(c2ccccc2)CC1. The Hall–Kier alpha value is -1.35. The number of unbranched alkanes of at least 4 members (excludes halogenated alkanes) is 1. The van der Waals surface area contributed by atoms with E-state index in [1.807, 2.05) is 30.3 Å². The normalized spacial score (nSPS) is 19.2. The maximum Gasteiger partial charge on any atom is 0.228 e. The number of nitrogens with two attached hydrogens (primary N) is 1. The molecule has 0 aromatic heterocycles. The molecule has 2 N–H and O–H groups in total. The number of hydrogen-bond acceptors (Lipinski definition) is 2. The number of piperidine rings is 1. The predicted octanol–water partition coefficient (Wildman–Crippen LogP) is 2.31. The summed E-state index contributed by atoms with van der Waals surface area (Å²) in [6.07, 6.45) is 4.14. The van der Waals surface area contributed by atoms with Gasteiger partial charge in [-0.3, -0.25) is 4.79 Å². The molecule has 2 rings (SSSR count). The zero-order chi connectivity index (χ0) is 13.7. The first-order chi connectivity index (χ1) is 9.19. The van der Waals surface area contributed by atoms with Crippen molar-refractivity contribution >= 4 is 5.91 Å². The molecule has 0 bridgehead atoms. The molecule has 0 atom stereocenters. The summed E-state index contributed by atoms with van der Waals surface area (Å²) in [6, 6.07) is 10.0. The molecule has 3 heteroatoms. The lowest BCUT2D eigenvalue weighted by Gasteiger charge is -2.40. The molecule has 0 saturated carbocycles. The molecule has 0 radical (unpaired) electrons. The molecular weight excluding hydrogens is 236 g/mol. The molecule has 1 aromatic rings. The lowest BCUT2D eigenvalue weighted by molar-refractivity contribution is -0.125. The molecule has 1 amide bonds. The van der Waals surface area contributed by atoms with Crippen LogP contribution in [0.5, 0.6) is 0 Å². The van der Waals surface area contributed by atoms with Gasteiger partial charge in [0.25, 0.3) is 0 Å². The van der Waals surface area contributed by atoms with Gasteiger partial charge in [-0.25, -0.2) is 0 Å². The fourth-order valence-electron chi connectivity index (χ4n) is 2.97. The highest BCUT2D eigenvalue weighted by molar-refractivity contribution is 5.86. The van der Waals surface area contributed by atoms with Crippen LogP contribution in [0.4, 0.5) is 0 Å². The van der Waals surface area contributed by atoms with Crippen molar-refractivity contribution < 1.29 is 4.79 Å². The number of nitrogens with zero attached hydrogens (tertiary/aromatic N) is 1. The van der Waals surface area contributed by atoms with Gasteiger partial charge in [0.1, 0.15) is 0 Å². The highest BCUT2D eigenvalue weighted by Gasteiger charge is 2.41. The van der Waals surface area contributed by atoms with E-state index in [1.165, 1.54) is 12.8 Å². The van der Waals surface area contributed by atoms with Crippen molar-refractivity contribution in [3.8, 4) is 0 Å². The Morgan fingerprint density at radius 3 is 2.42 bits per heavy atom. The molecule has 1 aliphatic heterocycles. The standard InChI is InChI=1S/C16H24N2O/c1-2-3-11-18-12-9-16(10-13-18,15(17)19)14-7-5-4-6-8-14/h4-8H,2-3,9-13H2,1H3,(H2,17,19). The monoisotopic (exact) mass is 260 g/mol. The predicted molar refractivity (Wildman–Crippen MR) is 77.9 cm³/mol. The van der Waals surface area contributed by atoms with Crippen molar-refractivity contribution in [1.29, 1.82) is 0 Å². The molecule has 0 spiro atoms. The van der Waals surface area contributed by atoms with Gasteiger partial charge in [-0.15, -0.1) is 0 Å². The molecule has 1 heterocycles. The molecule has 1 saturated heterocycles. The van der Waals surface area contributed by atoms with E-state index in [0.717, 1.165) is 38.0 Å². The number of hydrogen-bond donors (Lipinski definition) is 1. The van der Waals surface area contributed by atoms with Crippen LogP contribution in [-0.4, -0.2) is 30.4 Å². The van der Waals surface area contributed by atoms with Crippen molar-refractivity contribution in [2.24, 2.45) is 5.73 Å². The van der Waals surface area contributed by atoms with Crippen LogP contribution in [0.2, 0.25) is 0 Å². The highest BCUT2D eigenvalue weighted by atomic mass is 16.1. The van der Waals surface area contributed by atoms with Crippen molar-refractivity contribution in [2.45, 2.75) is 38.0 Å². The second kappa shape index (κ2) is 6.20. The molecule has 1 aromatic carbocycles. The van der Waals surface area contributed by atoms with Crippen LogP contribution in [0.1, 0.15) is 38.2 Å². The van der Waals surface area contributed by atoms with Gasteiger partial charge in [-0.05, 0) is 44.5 Å². The minimum atomic E-state index is -0.454. The first-order valence-corrected chi connectivity index (χ1v) is 7.27. The Labute approximate surface area is 115 Å². The summed E-state index contributed by atoms with van der Waals surface area (Å²) in [4.78, 5) is 14.5. The van der Waals surface area contributed by atoms with Gasteiger partial charge in [-0.2, -0.15) is 0 Å². The number of likely N-dealkylation sites (tertiary alicyclic amines) is 1. The molecule has 0 aliphatic carbocycles. The Morgan fingerprint density at radius 2 is 1.89 bits per heavy atom. The first kappa shape index (κ1) is 14.1. The second-order valence-corrected chi connectivity index (χ2v) is 5.51. The highest BCUT2D eigenvalue weighted by Crippen LogP contribution is 2.35. The summed E-state index contributed by atoms with van der Waals surface area (Å²) in [5.41, 5.74) is 6.35. The summed E-state index contributed by atoms with van der Waals surface area (Å²) in [7, 11) is 0. The summed E-state index contributed by atoms with van der Waals surface area (Å²) in [5, 5.41) is 0. The van der Waals surface area contributed by atoms with Gasteiger partial charge in [-0.1, -0.05) is 43.7 Å². The fraction of sp³-hybridized carbons (Fsp3) is 0.562. The Bertz CT molecular complexity index is 408. The molecular formula is C16H24N2O. The number of benzene rings is 1. The maximum atomic E-state index is 12.0. The van der Waals surface area contributed by atoms with Crippen molar-refractivity contribution in [3.05, 3.63) is 35.9 Å². The summed E-state index contributed by atoms with van der Waals surface area (Å²) in [5.74, 6) is -0.172. The van der Waals surface area contributed by atoms with Crippen LogP contribution >= 0.6 is 0 Å². The van der Waals surface area contributed by atoms with E-state index < -0.39 is 5.41 Å². The maximum absolute atomic E-state index is 12.0. The number of amides is 1. The average Bonchev–Trinajstić information content (AvgIpc) is 2.46. The summed E-state index contributed by atoms with van der Waals surface area (Å²) < 4.78 is 0. The molecule has 19 heavy (non-hydrogen) atoms. The second-order valence-electron chi connectivity index (χ2n) is 5.51. The topological polar surface area (TPSA) is 46.3 Å². The van der Waals surface area contributed by atoms with Crippen LogP contribution in [0, 0.1) is 0 Å². The van der Waals surface area contributed by atoms with Crippen LogP contribution in [-0.2, 0) is 10.2 Å². The lowest BCUT2D eigenvalue weighted by Crippen LogP contribution is -2.50. The van der Waals surface area contributed by atoms with Gasteiger partial charge in [0, 0.05) is 0 Å². The fourth-order valence-corrected chi connectivity index (χ4v) is 2.97. The molecule has 1 aliphatic rings. The van der Waals surface area contributed by atoms with Crippen molar-refractivity contribution in [3.63, 3.8) is 0 Å². The van der Waals surface area contributed by atoms with E-state index in [9.17, 15) is 4.79 Å². The van der Waals surface area contributed by atoms with E-state index in [2.05, 4.69) is 11.8 Å². The van der Waals surface area contributed by atoms with Gasteiger partial charge in [0.05, 0.1) is 5.41 Å². The molecule has 104 valence electrons. The third-order valence-electron chi connectivity index (χ3n) is 4.34. The number of primary amides is 1. The lowest BCUT2D eigenvalue weighted by atomic mass is 9.72. The number of rotatable bonds is 5. The molecule has 3 nitrogen and oxygen atoms in total. The van der Waals surface area contributed by atoms with Crippen molar-refractivity contribution in [2.75, 3.05) is 19.6 Å². The van der Waals surface area contributed by atoms with E-state index in [1.54, 1.807) is 0 Å². The van der Waals surface area contributed by atoms with Gasteiger partial charge in [0.2, 0.25) is 5.91 Å². The van der Waals surface area contributed by atoms with Crippen LogP contribution < -0.4 is 5.73 Å². The van der Waals surface area contributed by atoms with Gasteiger partial charge in [0.15, 0.2) is 0 Å². The molecule has 1 fully saturated rings. The third kappa shape index (κ3) is 2.98. The van der Waals surface area contributed by atoms with Crippen LogP contribution in [0.25, 0.3) is 0 Å². The van der Waals surface area contributed by atoms with Crippen molar-refractivity contribution in [1.82, 2.24) is 4.90 Å². The Morgan fingerprint density at radius 1 is 1.26 bits per heavy atom. The van der Waals surface area contributed by atoms with Crippen LogP contribution in [0.15, 0.2) is 30.3 Å². The van der Waals surface area contributed by atoms with Crippen LogP contribution in [0.3, 0.4) is 0 Å². The Kier molecular flexibility index (Phi) is 4.59. The average molecular weight is 260 g/mol. The smallest absolute Gasteiger partial charge is 0.228 e. The van der Waals surface area contributed by atoms with Gasteiger partial charge >= 0.3 is 0 Å². The molecule has 0 unspecified atom stereocenters. The zero-order valence-corrected chi connectivity index (χ0v) is 11.8. The third-order valence-corrected chi connectivity index (χ3v) is 4.34. The largest absolute Gasteiger partial charge is 0.369 e. The van der Waals surface area contributed by atoms with E-state index in [4.69, 9.17) is 5.73 Å². The summed E-state index contributed by atoms with van der Waals surface area (Å²) >= 11 is 0. The quantitative estimate of drug-likeness (QED) is 0.883. The van der Waals surface area contributed by atoms with E-state index in [-0.39, 0.29) is 5.91 Å². The van der Waals surface area contributed by atoms with E-state index in [0.29, 0.717) is 0 Å². The summed E-state index contributed by atoms with van der Waals surface area (Å²) in [6.45, 7) is 5.29. The number of carbonyl (C=O) groups excluding carboxylic acids is 1. The van der Waals surface area contributed by atoms with E-state index >= 15 is 0 Å². The minimum Gasteiger partial charge on any atom is -0.369 e. The zero-order valence-electron chi connectivity index (χ0n) is 11.8. The minimum absolute atomic E-state index is 0.172. The number of carbonyl (C=O) groups is 1. The Balaban J connectivity index is 2.10. The van der Waals surface area contributed by atoms with Gasteiger partial charge < -0.3 is 10.6 Å². The first-order valence-electron chi connectivity index (χ1n) is 7.27.